The van der Waals surface area contributed by atoms with Crippen LogP contribution in [-0.2, 0) is 0 Å². The van der Waals surface area contributed by atoms with Crippen LogP contribution < -0.4 is 14.9 Å². The number of hydrogen-bond acceptors (Lipinski definition) is 4. The maximum absolute atomic E-state index is 13.7. The smallest absolute Gasteiger partial charge is 0.494 e. The van der Waals surface area contributed by atoms with Crippen molar-refractivity contribution in [1.29, 1.82) is 0 Å². The lowest BCUT2D eigenvalue weighted by atomic mass is 9.79. The Morgan fingerprint density at radius 3 is 2.25 bits per heavy atom. The second-order valence-corrected chi connectivity index (χ2v) is 3.53. The van der Waals surface area contributed by atoms with E-state index in [-0.39, 0.29) is 23.1 Å². The summed E-state index contributed by atoms with van der Waals surface area (Å²) in [4.78, 5) is 0. The molecule has 88 valence electrons. The van der Waals surface area contributed by atoms with Crippen molar-refractivity contribution in [3.05, 3.63) is 17.9 Å². The summed E-state index contributed by atoms with van der Waals surface area (Å²) in [6, 6.07) is 2.82. The minimum atomic E-state index is -1.94. The Morgan fingerprint density at radius 1 is 1.25 bits per heavy atom. The van der Waals surface area contributed by atoms with Gasteiger partial charge in [-0.3, -0.25) is 0 Å². The van der Waals surface area contributed by atoms with Gasteiger partial charge in [0.1, 0.15) is 5.75 Å². The van der Waals surface area contributed by atoms with Gasteiger partial charge in [0.05, 0.1) is 18.7 Å². The Kier molecular flexibility index (Phi) is 4.15. The van der Waals surface area contributed by atoms with E-state index in [2.05, 4.69) is 0 Å². The Labute approximate surface area is 93.8 Å². The molecule has 0 atom stereocenters. The third kappa shape index (κ3) is 2.65. The number of rotatable bonds is 4. The molecule has 0 spiro atoms. The van der Waals surface area contributed by atoms with Crippen molar-refractivity contribution in [1.82, 2.24) is 0 Å². The molecule has 4 nitrogen and oxygen atoms in total. The van der Waals surface area contributed by atoms with Gasteiger partial charge in [-0.05, 0) is 26.0 Å². The molecule has 1 rings (SSSR count). The Bertz CT molecular complexity index is 368. The van der Waals surface area contributed by atoms with E-state index < -0.39 is 12.9 Å². The minimum Gasteiger partial charge on any atom is -0.494 e. The van der Waals surface area contributed by atoms with E-state index in [0.717, 1.165) is 0 Å². The van der Waals surface area contributed by atoms with Crippen LogP contribution in [0.1, 0.15) is 13.8 Å². The molecule has 0 amide bonds. The van der Waals surface area contributed by atoms with Crippen molar-refractivity contribution >= 4 is 12.6 Å². The lowest BCUT2D eigenvalue weighted by Gasteiger charge is -2.15. The van der Waals surface area contributed by atoms with Crippen LogP contribution in [0.15, 0.2) is 12.1 Å². The maximum Gasteiger partial charge on any atom is 0.495 e. The van der Waals surface area contributed by atoms with Crippen LogP contribution in [0, 0.1) is 5.82 Å². The molecular weight excluding hydrogens is 214 g/mol. The average Bonchev–Trinajstić information content (AvgIpc) is 2.16. The van der Waals surface area contributed by atoms with Gasteiger partial charge in [-0.1, -0.05) is 0 Å². The first-order valence-electron chi connectivity index (χ1n) is 4.86. The lowest BCUT2D eigenvalue weighted by Crippen LogP contribution is -2.35. The van der Waals surface area contributed by atoms with Gasteiger partial charge in [0, 0.05) is 0 Å². The van der Waals surface area contributed by atoms with Crippen LogP contribution in [0.25, 0.3) is 0 Å². The fourth-order valence-corrected chi connectivity index (χ4v) is 1.31. The highest BCUT2D eigenvalue weighted by atomic mass is 19.1. The zero-order chi connectivity index (χ0) is 12.3. The van der Waals surface area contributed by atoms with Gasteiger partial charge >= 0.3 is 7.12 Å². The van der Waals surface area contributed by atoms with Gasteiger partial charge < -0.3 is 19.5 Å². The van der Waals surface area contributed by atoms with E-state index in [1.165, 1.54) is 19.2 Å². The summed E-state index contributed by atoms with van der Waals surface area (Å²) in [6.45, 7) is 3.52. The monoisotopic (exact) mass is 228 g/mol. The molecule has 0 aliphatic carbocycles. The third-order valence-corrected chi connectivity index (χ3v) is 1.95. The van der Waals surface area contributed by atoms with Gasteiger partial charge in [-0.15, -0.1) is 0 Å². The molecule has 6 heteroatoms. The molecule has 2 N–H and O–H groups in total. The van der Waals surface area contributed by atoms with Crippen LogP contribution in [0.3, 0.4) is 0 Å². The van der Waals surface area contributed by atoms with E-state index in [9.17, 15) is 4.39 Å². The summed E-state index contributed by atoms with van der Waals surface area (Å²) in [7, 11) is -0.640. The van der Waals surface area contributed by atoms with Gasteiger partial charge in [0.25, 0.3) is 0 Å². The normalized spacial score (nSPS) is 10.4. The Hall–Kier alpha value is -1.27. The van der Waals surface area contributed by atoms with Crippen molar-refractivity contribution in [3.8, 4) is 11.5 Å². The first-order valence-corrected chi connectivity index (χ1v) is 4.86. The van der Waals surface area contributed by atoms with E-state index in [0.29, 0.717) is 0 Å². The van der Waals surface area contributed by atoms with Crippen LogP contribution in [-0.4, -0.2) is 30.4 Å². The summed E-state index contributed by atoms with van der Waals surface area (Å²) in [6.07, 6.45) is -0.190. The summed E-state index contributed by atoms with van der Waals surface area (Å²) in [5.74, 6) is -0.779. The highest BCUT2D eigenvalue weighted by Gasteiger charge is 2.25. The highest BCUT2D eigenvalue weighted by molar-refractivity contribution is 6.60. The summed E-state index contributed by atoms with van der Waals surface area (Å²) >= 11 is 0. The Balaban J connectivity index is 3.23. The topological polar surface area (TPSA) is 58.9 Å². The quantitative estimate of drug-likeness (QED) is 0.727. The van der Waals surface area contributed by atoms with Crippen molar-refractivity contribution < 1.29 is 23.9 Å². The first kappa shape index (κ1) is 12.8. The van der Waals surface area contributed by atoms with Gasteiger partial charge in [-0.2, -0.15) is 0 Å². The number of hydrogen-bond donors (Lipinski definition) is 2. The molecule has 0 aliphatic heterocycles. The van der Waals surface area contributed by atoms with Crippen LogP contribution in [0.4, 0.5) is 4.39 Å². The summed E-state index contributed by atoms with van der Waals surface area (Å²) in [5, 5.41) is 18.2. The number of halogens is 1. The second-order valence-electron chi connectivity index (χ2n) is 3.53. The van der Waals surface area contributed by atoms with E-state index in [1.807, 2.05) is 0 Å². The first-order chi connectivity index (χ1) is 7.47. The number of ether oxygens (including phenoxy) is 2. The van der Waals surface area contributed by atoms with E-state index in [4.69, 9.17) is 19.5 Å². The van der Waals surface area contributed by atoms with Crippen LogP contribution in [0.2, 0.25) is 0 Å². The van der Waals surface area contributed by atoms with Crippen molar-refractivity contribution in [2.24, 2.45) is 0 Å². The fraction of sp³-hybridized carbons (Fsp3) is 0.400. The highest BCUT2D eigenvalue weighted by Crippen LogP contribution is 2.21. The third-order valence-electron chi connectivity index (χ3n) is 1.95. The lowest BCUT2D eigenvalue weighted by molar-refractivity contribution is 0.242. The standard InChI is InChI=1S/C10H14BFO4/c1-6(2)16-7-4-5-8(15-3)10(12)9(7)11(13)14/h4-6,13-14H,1-3H3. The molecule has 16 heavy (non-hydrogen) atoms. The minimum absolute atomic E-state index is 0.0563. The molecular formula is C10H14BFO4. The second kappa shape index (κ2) is 5.18. The maximum atomic E-state index is 13.7. The largest absolute Gasteiger partial charge is 0.495 e. The predicted octanol–water partition coefficient (Wildman–Crippen LogP) is 0.301. The summed E-state index contributed by atoms with van der Waals surface area (Å²) < 4.78 is 23.7. The molecule has 0 saturated heterocycles. The zero-order valence-corrected chi connectivity index (χ0v) is 9.40. The number of methoxy groups -OCH3 is 1. The van der Waals surface area contributed by atoms with E-state index in [1.54, 1.807) is 13.8 Å². The van der Waals surface area contributed by atoms with Crippen LogP contribution >= 0.6 is 0 Å². The fourth-order valence-electron chi connectivity index (χ4n) is 1.31. The molecule has 0 saturated carbocycles. The average molecular weight is 228 g/mol. The van der Waals surface area contributed by atoms with Gasteiger partial charge in [0.2, 0.25) is 0 Å². The molecule has 0 radical (unpaired) electrons. The predicted molar refractivity (Wildman–Crippen MR) is 58.5 cm³/mol. The van der Waals surface area contributed by atoms with Crippen molar-refractivity contribution in [2.75, 3.05) is 7.11 Å². The molecule has 0 fully saturated rings. The van der Waals surface area contributed by atoms with Crippen LogP contribution in [0.5, 0.6) is 11.5 Å². The molecule has 0 heterocycles. The van der Waals surface area contributed by atoms with Crippen molar-refractivity contribution in [3.63, 3.8) is 0 Å². The van der Waals surface area contributed by atoms with Crippen molar-refractivity contribution in [2.45, 2.75) is 20.0 Å². The van der Waals surface area contributed by atoms with Gasteiger partial charge in [-0.25, -0.2) is 4.39 Å². The molecule has 1 aromatic carbocycles. The molecule has 1 aromatic rings. The molecule has 0 aromatic heterocycles. The Morgan fingerprint density at radius 2 is 1.81 bits per heavy atom. The molecule has 0 unspecified atom stereocenters. The van der Waals surface area contributed by atoms with Gasteiger partial charge in [0.15, 0.2) is 11.6 Å². The SMILES string of the molecule is COc1ccc(OC(C)C)c(B(O)O)c1F. The number of benzene rings is 1. The zero-order valence-electron chi connectivity index (χ0n) is 9.40. The molecule has 0 bridgehead atoms. The van der Waals surface area contributed by atoms with E-state index >= 15 is 0 Å². The summed E-state index contributed by atoms with van der Waals surface area (Å²) in [5.41, 5.74) is -0.312. The molecule has 0 aliphatic rings.